The van der Waals surface area contributed by atoms with Gasteiger partial charge in [0.1, 0.15) is 0 Å². The van der Waals surface area contributed by atoms with Crippen molar-refractivity contribution in [1.82, 2.24) is 20.3 Å². The van der Waals surface area contributed by atoms with Crippen molar-refractivity contribution in [3.63, 3.8) is 0 Å². The molecule has 1 aromatic rings. The summed E-state index contributed by atoms with van der Waals surface area (Å²) in [5.74, 6) is 0. The van der Waals surface area contributed by atoms with Gasteiger partial charge >= 0.3 is 0 Å². The monoisotopic (exact) mass is 212 g/mol. The number of ether oxygens (including phenoxy) is 1. The minimum absolute atomic E-state index is 0.155. The Kier molecular flexibility index (Phi) is 3.82. The molecule has 0 amide bonds. The van der Waals surface area contributed by atoms with Crippen molar-refractivity contribution in [2.75, 3.05) is 14.2 Å². The molecule has 0 aromatic carbocycles. The molecule has 0 spiro atoms. The van der Waals surface area contributed by atoms with Crippen molar-refractivity contribution in [2.45, 2.75) is 31.9 Å². The van der Waals surface area contributed by atoms with E-state index in [-0.39, 0.29) is 11.6 Å². The van der Waals surface area contributed by atoms with Crippen LogP contribution in [0.25, 0.3) is 0 Å². The van der Waals surface area contributed by atoms with Crippen LogP contribution in [0.5, 0.6) is 0 Å². The molecule has 0 aliphatic heterocycles. The van der Waals surface area contributed by atoms with Gasteiger partial charge in [0.05, 0.1) is 23.5 Å². The molecular formula is C10H20N4O. The van der Waals surface area contributed by atoms with Crippen LogP contribution in [0.15, 0.2) is 6.20 Å². The molecule has 0 saturated heterocycles. The quantitative estimate of drug-likeness (QED) is 0.787. The van der Waals surface area contributed by atoms with Crippen molar-refractivity contribution in [2.24, 2.45) is 7.05 Å². The Hall–Kier alpha value is -0.940. The first-order valence-electron chi connectivity index (χ1n) is 5.07. The number of rotatable bonds is 5. The Bertz CT molecular complexity index is 308. The molecule has 0 aliphatic rings. The molecule has 1 N–H and O–H groups in total. The Morgan fingerprint density at radius 2 is 2.27 bits per heavy atom. The van der Waals surface area contributed by atoms with Crippen LogP contribution in [0.2, 0.25) is 0 Å². The van der Waals surface area contributed by atoms with E-state index in [9.17, 15) is 0 Å². The molecule has 5 nitrogen and oxygen atoms in total. The SMILES string of the molecule is CNC(CC(C)(C)OC)c1cnnn1C. The summed E-state index contributed by atoms with van der Waals surface area (Å²) < 4.78 is 7.20. The number of nitrogens with zero attached hydrogens (tertiary/aromatic N) is 3. The van der Waals surface area contributed by atoms with Crippen molar-refractivity contribution >= 4 is 0 Å². The third-order valence-electron chi connectivity index (χ3n) is 2.70. The van der Waals surface area contributed by atoms with E-state index in [0.717, 1.165) is 12.1 Å². The van der Waals surface area contributed by atoms with Gasteiger partial charge in [0.2, 0.25) is 0 Å². The summed E-state index contributed by atoms with van der Waals surface area (Å²) in [6.07, 6.45) is 2.66. The van der Waals surface area contributed by atoms with Gasteiger partial charge in [-0.2, -0.15) is 0 Å². The normalized spacial score (nSPS) is 14.2. The average molecular weight is 212 g/mol. The van der Waals surface area contributed by atoms with E-state index in [4.69, 9.17) is 4.74 Å². The Balaban J connectivity index is 2.77. The van der Waals surface area contributed by atoms with Crippen molar-refractivity contribution in [1.29, 1.82) is 0 Å². The average Bonchev–Trinajstić information content (AvgIpc) is 2.61. The third kappa shape index (κ3) is 3.00. The van der Waals surface area contributed by atoms with Gasteiger partial charge in [-0.25, -0.2) is 0 Å². The minimum Gasteiger partial charge on any atom is -0.379 e. The first kappa shape index (κ1) is 12.1. The third-order valence-corrected chi connectivity index (χ3v) is 2.70. The molecule has 0 fully saturated rings. The van der Waals surface area contributed by atoms with Gasteiger partial charge in [-0.1, -0.05) is 5.21 Å². The first-order valence-corrected chi connectivity index (χ1v) is 5.07. The number of hydrogen-bond acceptors (Lipinski definition) is 4. The zero-order valence-corrected chi connectivity index (χ0v) is 10.1. The van der Waals surface area contributed by atoms with Crippen LogP contribution in [-0.4, -0.2) is 34.8 Å². The molecule has 15 heavy (non-hydrogen) atoms. The molecule has 86 valence electrons. The predicted octanol–water partition coefficient (Wildman–Crippen LogP) is 0.891. The maximum Gasteiger partial charge on any atom is 0.0754 e. The molecular weight excluding hydrogens is 192 g/mol. The zero-order chi connectivity index (χ0) is 11.5. The fourth-order valence-corrected chi connectivity index (χ4v) is 1.54. The lowest BCUT2D eigenvalue weighted by Crippen LogP contribution is -2.31. The van der Waals surface area contributed by atoms with E-state index in [0.29, 0.717) is 0 Å². The fourth-order valence-electron chi connectivity index (χ4n) is 1.54. The van der Waals surface area contributed by atoms with Gasteiger partial charge < -0.3 is 10.1 Å². The van der Waals surface area contributed by atoms with E-state index in [1.54, 1.807) is 18.0 Å². The van der Waals surface area contributed by atoms with Crippen molar-refractivity contribution < 1.29 is 4.74 Å². The fraction of sp³-hybridized carbons (Fsp3) is 0.800. The molecule has 1 rings (SSSR count). The van der Waals surface area contributed by atoms with Gasteiger partial charge in [0, 0.05) is 14.2 Å². The topological polar surface area (TPSA) is 52.0 Å². The van der Waals surface area contributed by atoms with Crippen molar-refractivity contribution in [3.8, 4) is 0 Å². The molecule has 0 bridgehead atoms. The number of methoxy groups -OCH3 is 1. The van der Waals surface area contributed by atoms with Gasteiger partial charge in [-0.15, -0.1) is 5.10 Å². The lowest BCUT2D eigenvalue weighted by molar-refractivity contribution is 0.00682. The highest BCUT2D eigenvalue weighted by atomic mass is 16.5. The van der Waals surface area contributed by atoms with Gasteiger partial charge in [-0.3, -0.25) is 4.68 Å². The van der Waals surface area contributed by atoms with Crippen LogP contribution < -0.4 is 5.32 Å². The van der Waals surface area contributed by atoms with E-state index in [1.807, 2.05) is 14.1 Å². The largest absolute Gasteiger partial charge is 0.379 e. The number of aryl methyl sites for hydroxylation is 1. The van der Waals surface area contributed by atoms with Gasteiger partial charge in [0.25, 0.3) is 0 Å². The van der Waals surface area contributed by atoms with Gasteiger partial charge in [0.15, 0.2) is 0 Å². The summed E-state index contributed by atoms with van der Waals surface area (Å²) in [5.41, 5.74) is 0.917. The minimum atomic E-state index is -0.155. The highest BCUT2D eigenvalue weighted by molar-refractivity contribution is 5.03. The van der Waals surface area contributed by atoms with E-state index in [2.05, 4.69) is 29.5 Å². The van der Waals surface area contributed by atoms with Crippen LogP contribution >= 0.6 is 0 Å². The second kappa shape index (κ2) is 4.72. The number of nitrogens with one attached hydrogen (secondary N) is 1. The van der Waals surface area contributed by atoms with Crippen LogP contribution in [0.1, 0.15) is 32.0 Å². The second-order valence-corrected chi connectivity index (χ2v) is 4.29. The second-order valence-electron chi connectivity index (χ2n) is 4.29. The summed E-state index contributed by atoms with van der Waals surface area (Å²) in [4.78, 5) is 0. The van der Waals surface area contributed by atoms with E-state index in [1.165, 1.54) is 0 Å². The molecule has 1 unspecified atom stereocenters. The van der Waals surface area contributed by atoms with E-state index < -0.39 is 0 Å². The lowest BCUT2D eigenvalue weighted by atomic mass is 9.97. The molecule has 0 aliphatic carbocycles. The van der Waals surface area contributed by atoms with Gasteiger partial charge in [-0.05, 0) is 27.3 Å². The Morgan fingerprint density at radius 3 is 2.67 bits per heavy atom. The lowest BCUT2D eigenvalue weighted by Gasteiger charge is -2.28. The standard InChI is InChI=1S/C10H20N4O/c1-10(2,15-5)6-8(11-3)9-7-12-13-14(9)4/h7-8,11H,6H2,1-5H3. The summed E-state index contributed by atoms with van der Waals surface area (Å²) >= 11 is 0. The summed E-state index contributed by atoms with van der Waals surface area (Å²) in [6.45, 7) is 4.14. The van der Waals surface area contributed by atoms with Crippen LogP contribution in [-0.2, 0) is 11.8 Å². The van der Waals surface area contributed by atoms with Crippen LogP contribution in [0.4, 0.5) is 0 Å². The summed E-state index contributed by atoms with van der Waals surface area (Å²) in [7, 11) is 5.56. The van der Waals surface area contributed by atoms with Crippen LogP contribution in [0, 0.1) is 0 Å². The summed E-state index contributed by atoms with van der Waals surface area (Å²) in [6, 6.07) is 0.208. The molecule has 0 saturated carbocycles. The number of hydrogen-bond donors (Lipinski definition) is 1. The molecule has 1 heterocycles. The Labute approximate surface area is 90.8 Å². The predicted molar refractivity (Wildman–Crippen MR) is 58.5 cm³/mol. The highest BCUT2D eigenvalue weighted by Gasteiger charge is 2.24. The van der Waals surface area contributed by atoms with Crippen molar-refractivity contribution in [3.05, 3.63) is 11.9 Å². The highest BCUT2D eigenvalue weighted by Crippen LogP contribution is 2.24. The molecule has 5 heteroatoms. The Morgan fingerprint density at radius 1 is 1.60 bits per heavy atom. The summed E-state index contributed by atoms with van der Waals surface area (Å²) in [5, 5.41) is 11.1. The van der Waals surface area contributed by atoms with E-state index >= 15 is 0 Å². The molecule has 1 atom stereocenters. The maximum absolute atomic E-state index is 5.42. The van der Waals surface area contributed by atoms with Crippen LogP contribution in [0.3, 0.4) is 0 Å². The molecule has 1 aromatic heterocycles. The molecule has 0 radical (unpaired) electrons. The maximum atomic E-state index is 5.42. The zero-order valence-electron chi connectivity index (χ0n) is 10.1. The first-order chi connectivity index (χ1) is 7.00. The smallest absolute Gasteiger partial charge is 0.0754 e. The number of aromatic nitrogens is 3.